The molecule has 0 fully saturated rings. The van der Waals surface area contributed by atoms with Crippen LogP contribution in [0.15, 0.2) is 34.9 Å². The molecule has 2 aromatic rings. The number of aliphatic hydroxyl groups is 1. The van der Waals surface area contributed by atoms with Crippen LogP contribution in [0.5, 0.6) is 0 Å². The van der Waals surface area contributed by atoms with Crippen LogP contribution < -0.4 is 5.32 Å². The molecular formula is C18H23FN2O3. The Bertz CT molecular complexity index is 680. The van der Waals surface area contributed by atoms with E-state index in [9.17, 15) is 14.3 Å². The van der Waals surface area contributed by atoms with Gasteiger partial charge in [-0.3, -0.25) is 4.79 Å². The third-order valence-corrected chi connectivity index (χ3v) is 4.65. The number of rotatable bonds is 8. The van der Waals surface area contributed by atoms with E-state index in [1.54, 1.807) is 18.2 Å². The lowest BCUT2D eigenvalue weighted by molar-refractivity contribution is 0.0898. The number of halogens is 1. The van der Waals surface area contributed by atoms with E-state index in [0.717, 1.165) is 12.8 Å². The Hall–Kier alpha value is -2.21. The molecule has 0 bridgehead atoms. The minimum Gasteiger partial charge on any atom is -0.396 e. The zero-order chi connectivity index (χ0) is 17.6. The first kappa shape index (κ1) is 18.1. The fourth-order valence-corrected chi connectivity index (χ4v) is 2.71. The van der Waals surface area contributed by atoms with E-state index in [-0.39, 0.29) is 34.9 Å². The van der Waals surface area contributed by atoms with Crippen molar-refractivity contribution < 1.29 is 18.8 Å². The molecule has 0 unspecified atom stereocenters. The van der Waals surface area contributed by atoms with Crippen molar-refractivity contribution in [1.82, 2.24) is 10.5 Å². The van der Waals surface area contributed by atoms with Crippen molar-refractivity contribution in [3.05, 3.63) is 41.8 Å². The van der Waals surface area contributed by atoms with Gasteiger partial charge in [0.15, 0.2) is 11.5 Å². The minimum atomic E-state index is -0.431. The summed E-state index contributed by atoms with van der Waals surface area (Å²) in [4.78, 5) is 12.3. The molecule has 130 valence electrons. The highest BCUT2D eigenvalue weighted by Crippen LogP contribution is 2.29. The van der Waals surface area contributed by atoms with Crippen LogP contribution >= 0.6 is 0 Å². The minimum absolute atomic E-state index is 0.0823. The maximum Gasteiger partial charge on any atom is 0.273 e. The van der Waals surface area contributed by atoms with Gasteiger partial charge < -0.3 is 14.9 Å². The monoisotopic (exact) mass is 334 g/mol. The SMILES string of the molecule is CCC(CC)(CCO)CNC(=O)c1cc(-c2ccccc2F)on1. The summed E-state index contributed by atoms with van der Waals surface area (Å²) in [5, 5.41) is 15.8. The molecule has 0 saturated carbocycles. The molecule has 6 heteroatoms. The number of carbonyl (C=O) groups excluding carboxylic acids is 1. The number of amides is 1. The highest BCUT2D eigenvalue weighted by molar-refractivity contribution is 5.93. The van der Waals surface area contributed by atoms with E-state index >= 15 is 0 Å². The second-order valence-corrected chi connectivity index (χ2v) is 5.92. The summed E-state index contributed by atoms with van der Waals surface area (Å²) in [5.41, 5.74) is 0.238. The third-order valence-electron chi connectivity index (χ3n) is 4.65. The summed E-state index contributed by atoms with van der Waals surface area (Å²) in [6, 6.07) is 7.59. The Kier molecular flexibility index (Phi) is 6.09. The van der Waals surface area contributed by atoms with Crippen LogP contribution in [0.4, 0.5) is 4.39 Å². The smallest absolute Gasteiger partial charge is 0.273 e. The summed E-state index contributed by atoms with van der Waals surface area (Å²) in [7, 11) is 0. The van der Waals surface area contributed by atoms with Gasteiger partial charge in [-0.1, -0.05) is 31.1 Å². The summed E-state index contributed by atoms with van der Waals surface area (Å²) in [6.45, 7) is 4.61. The Labute approximate surface area is 140 Å². The van der Waals surface area contributed by atoms with Crippen molar-refractivity contribution in [3.63, 3.8) is 0 Å². The van der Waals surface area contributed by atoms with E-state index in [0.29, 0.717) is 13.0 Å². The molecule has 0 aliphatic carbocycles. The van der Waals surface area contributed by atoms with Crippen LogP contribution in [-0.4, -0.2) is 29.3 Å². The summed E-state index contributed by atoms with van der Waals surface area (Å²) in [6.07, 6.45) is 2.33. The number of aliphatic hydroxyl groups excluding tert-OH is 1. The lowest BCUT2D eigenvalue weighted by atomic mass is 9.79. The lowest BCUT2D eigenvalue weighted by Gasteiger charge is -2.31. The number of hydrogen-bond donors (Lipinski definition) is 2. The Morgan fingerprint density at radius 3 is 2.67 bits per heavy atom. The van der Waals surface area contributed by atoms with Crippen molar-refractivity contribution in [2.45, 2.75) is 33.1 Å². The molecule has 0 aliphatic heterocycles. The van der Waals surface area contributed by atoms with Crippen LogP contribution in [0.2, 0.25) is 0 Å². The molecule has 1 amide bonds. The molecule has 0 radical (unpaired) electrons. The number of carbonyl (C=O) groups is 1. The maximum absolute atomic E-state index is 13.8. The number of nitrogens with one attached hydrogen (secondary N) is 1. The van der Waals surface area contributed by atoms with Gasteiger partial charge in [0.1, 0.15) is 5.82 Å². The lowest BCUT2D eigenvalue weighted by Crippen LogP contribution is -2.37. The van der Waals surface area contributed by atoms with Gasteiger partial charge in [-0.2, -0.15) is 0 Å². The predicted octanol–water partition coefficient (Wildman–Crippen LogP) is 3.40. The fraction of sp³-hybridized carbons (Fsp3) is 0.444. The second kappa shape index (κ2) is 8.06. The summed E-state index contributed by atoms with van der Waals surface area (Å²) >= 11 is 0. The molecule has 1 aromatic heterocycles. The van der Waals surface area contributed by atoms with Gasteiger partial charge in [-0.25, -0.2) is 4.39 Å². The molecule has 1 heterocycles. The van der Waals surface area contributed by atoms with Crippen LogP contribution in [0.1, 0.15) is 43.6 Å². The summed E-state index contributed by atoms with van der Waals surface area (Å²) in [5.74, 6) is -0.587. The van der Waals surface area contributed by atoms with Crippen LogP contribution in [0.3, 0.4) is 0 Å². The first-order chi connectivity index (χ1) is 11.5. The average Bonchev–Trinajstić information content (AvgIpc) is 3.09. The van der Waals surface area contributed by atoms with Gasteiger partial charge in [0, 0.05) is 19.2 Å². The number of benzene rings is 1. The van der Waals surface area contributed by atoms with Crippen molar-refractivity contribution >= 4 is 5.91 Å². The van der Waals surface area contributed by atoms with Crippen molar-refractivity contribution in [2.24, 2.45) is 5.41 Å². The molecule has 0 saturated heterocycles. The van der Waals surface area contributed by atoms with Crippen LogP contribution in [0, 0.1) is 11.2 Å². The highest BCUT2D eigenvalue weighted by Gasteiger charge is 2.27. The van der Waals surface area contributed by atoms with Gasteiger partial charge in [-0.05, 0) is 36.8 Å². The third kappa shape index (κ3) is 4.00. The quantitative estimate of drug-likeness (QED) is 0.776. The van der Waals surface area contributed by atoms with Crippen LogP contribution in [-0.2, 0) is 0 Å². The molecule has 1 aromatic carbocycles. The number of nitrogens with zero attached hydrogens (tertiary/aromatic N) is 1. The van der Waals surface area contributed by atoms with Crippen LogP contribution in [0.25, 0.3) is 11.3 Å². The molecule has 0 spiro atoms. The molecule has 2 N–H and O–H groups in total. The predicted molar refractivity (Wildman–Crippen MR) is 88.9 cm³/mol. The molecule has 5 nitrogen and oxygen atoms in total. The Balaban J connectivity index is 2.07. The molecule has 24 heavy (non-hydrogen) atoms. The number of aromatic nitrogens is 1. The first-order valence-corrected chi connectivity index (χ1v) is 8.16. The second-order valence-electron chi connectivity index (χ2n) is 5.92. The topological polar surface area (TPSA) is 75.4 Å². The van der Waals surface area contributed by atoms with E-state index in [1.807, 2.05) is 13.8 Å². The first-order valence-electron chi connectivity index (χ1n) is 8.16. The van der Waals surface area contributed by atoms with Gasteiger partial charge >= 0.3 is 0 Å². The van der Waals surface area contributed by atoms with E-state index in [4.69, 9.17) is 4.52 Å². The summed E-state index contributed by atoms with van der Waals surface area (Å²) < 4.78 is 18.8. The Morgan fingerprint density at radius 2 is 2.04 bits per heavy atom. The number of hydrogen-bond acceptors (Lipinski definition) is 4. The van der Waals surface area contributed by atoms with Crippen molar-refractivity contribution in [2.75, 3.05) is 13.2 Å². The largest absolute Gasteiger partial charge is 0.396 e. The van der Waals surface area contributed by atoms with E-state index < -0.39 is 5.82 Å². The molecule has 0 aliphatic rings. The van der Waals surface area contributed by atoms with E-state index in [1.165, 1.54) is 12.1 Å². The average molecular weight is 334 g/mol. The van der Waals surface area contributed by atoms with Crippen molar-refractivity contribution in [3.8, 4) is 11.3 Å². The van der Waals surface area contributed by atoms with Gasteiger partial charge in [0.2, 0.25) is 0 Å². The zero-order valence-electron chi connectivity index (χ0n) is 14.0. The van der Waals surface area contributed by atoms with Crippen molar-refractivity contribution in [1.29, 1.82) is 0 Å². The molecular weight excluding hydrogens is 311 g/mol. The molecule has 2 rings (SSSR count). The maximum atomic E-state index is 13.8. The normalized spacial score (nSPS) is 11.5. The standard InChI is InChI=1S/C18H23FN2O3/c1-3-18(4-2,9-10-22)12-20-17(23)15-11-16(24-21-15)13-7-5-6-8-14(13)19/h5-8,11,22H,3-4,9-10,12H2,1-2H3,(H,20,23). The van der Waals surface area contributed by atoms with Gasteiger partial charge in [-0.15, -0.1) is 0 Å². The van der Waals surface area contributed by atoms with Gasteiger partial charge in [0.25, 0.3) is 5.91 Å². The van der Waals surface area contributed by atoms with Gasteiger partial charge in [0.05, 0.1) is 5.56 Å². The molecule has 0 atom stereocenters. The highest BCUT2D eigenvalue weighted by atomic mass is 19.1. The van der Waals surface area contributed by atoms with E-state index in [2.05, 4.69) is 10.5 Å². The zero-order valence-corrected chi connectivity index (χ0v) is 14.0. The Morgan fingerprint density at radius 1 is 1.33 bits per heavy atom. The fourth-order valence-electron chi connectivity index (χ4n) is 2.71.